The van der Waals surface area contributed by atoms with Crippen molar-refractivity contribution >= 4 is 17.8 Å². The van der Waals surface area contributed by atoms with E-state index >= 15 is 0 Å². The molecule has 152 valence electrons. The quantitative estimate of drug-likeness (QED) is 0.756. The zero-order valence-corrected chi connectivity index (χ0v) is 16.5. The molecule has 29 heavy (non-hydrogen) atoms. The topological polar surface area (TPSA) is 72.9 Å². The Morgan fingerprint density at radius 1 is 0.759 bits per heavy atom. The van der Waals surface area contributed by atoms with Crippen molar-refractivity contribution < 1.29 is 9.59 Å². The average molecular weight is 394 g/mol. The third-order valence-electron chi connectivity index (χ3n) is 5.51. The first kappa shape index (κ1) is 19.3. The Balaban J connectivity index is 1.22. The first-order valence-corrected chi connectivity index (χ1v) is 10.1. The van der Waals surface area contributed by atoms with Crippen LogP contribution in [-0.2, 0) is 4.79 Å². The Morgan fingerprint density at radius 3 is 2.03 bits per heavy atom. The van der Waals surface area contributed by atoms with E-state index in [1.807, 2.05) is 40.1 Å². The fourth-order valence-electron chi connectivity index (χ4n) is 3.77. The van der Waals surface area contributed by atoms with Gasteiger partial charge in [-0.2, -0.15) is 0 Å². The van der Waals surface area contributed by atoms with Crippen LogP contribution in [0.25, 0.3) is 0 Å². The van der Waals surface area contributed by atoms with Gasteiger partial charge in [0, 0.05) is 70.3 Å². The maximum Gasteiger partial charge on any atom is 0.253 e. The molecule has 4 rings (SSSR count). The number of piperazine rings is 2. The van der Waals surface area contributed by atoms with Crippen LogP contribution in [0, 0.1) is 0 Å². The van der Waals surface area contributed by atoms with Crippen molar-refractivity contribution in [2.75, 3.05) is 63.8 Å². The number of aromatic nitrogens is 2. The summed E-state index contributed by atoms with van der Waals surface area (Å²) in [5.41, 5.74) is 0.720. The molecule has 3 heterocycles. The predicted molar refractivity (Wildman–Crippen MR) is 110 cm³/mol. The van der Waals surface area contributed by atoms with Crippen molar-refractivity contribution in [3.63, 3.8) is 0 Å². The van der Waals surface area contributed by atoms with E-state index in [0.29, 0.717) is 32.7 Å². The highest BCUT2D eigenvalue weighted by Gasteiger charge is 2.27. The van der Waals surface area contributed by atoms with Crippen molar-refractivity contribution in [1.29, 1.82) is 0 Å². The minimum absolute atomic E-state index is 0.0656. The second-order valence-corrected chi connectivity index (χ2v) is 7.35. The van der Waals surface area contributed by atoms with Crippen LogP contribution in [-0.4, -0.2) is 95.4 Å². The van der Waals surface area contributed by atoms with E-state index in [4.69, 9.17) is 0 Å². The normalized spacial score (nSPS) is 18.0. The molecule has 0 radical (unpaired) electrons. The summed E-state index contributed by atoms with van der Waals surface area (Å²) in [7, 11) is 0. The minimum atomic E-state index is 0.0656. The van der Waals surface area contributed by atoms with Gasteiger partial charge >= 0.3 is 0 Å². The van der Waals surface area contributed by atoms with Gasteiger partial charge in [-0.3, -0.25) is 14.5 Å². The van der Waals surface area contributed by atoms with Gasteiger partial charge in [0.25, 0.3) is 5.91 Å². The number of benzene rings is 1. The SMILES string of the molecule is O=C(CN1CCN(C(=O)c2ccccc2)CC1)N1CCN(c2ncccn2)CC1. The standard InChI is InChI=1S/C21H26N6O2/c28-19(25-13-15-27(16-14-25)21-22-7-4-8-23-21)17-24-9-11-26(12-10-24)20(29)18-5-2-1-3-6-18/h1-8H,9-17H2. The molecule has 2 aliphatic rings. The van der Waals surface area contributed by atoms with Crippen LogP contribution in [0.15, 0.2) is 48.8 Å². The molecule has 0 saturated carbocycles. The average Bonchev–Trinajstić information content (AvgIpc) is 2.80. The van der Waals surface area contributed by atoms with Gasteiger partial charge in [0.05, 0.1) is 6.54 Å². The lowest BCUT2D eigenvalue weighted by molar-refractivity contribution is -0.133. The molecule has 0 aliphatic carbocycles. The fourth-order valence-corrected chi connectivity index (χ4v) is 3.77. The summed E-state index contributed by atoms with van der Waals surface area (Å²) < 4.78 is 0. The third kappa shape index (κ3) is 4.71. The maximum absolute atomic E-state index is 12.7. The van der Waals surface area contributed by atoms with Gasteiger partial charge in [-0.25, -0.2) is 9.97 Å². The van der Waals surface area contributed by atoms with Crippen LogP contribution in [0.1, 0.15) is 10.4 Å². The van der Waals surface area contributed by atoms with Gasteiger partial charge in [0.15, 0.2) is 0 Å². The van der Waals surface area contributed by atoms with Gasteiger partial charge in [0.1, 0.15) is 0 Å². The molecule has 2 amide bonds. The van der Waals surface area contributed by atoms with Crippen molar-refractivity contribution in [3.05, 3.63) is 54.4 Å². The molecule has 0 unspecified atom stereocenters. The van der Waals surface area contributed by atoms with E-state index in [1.165, 1.54) is 0 Å². The summed E-state index contributed by atoms with van der Waals surface area (Å²) in [6.45, 7) is 6.02. The number of carbonyl (C=O) groups excluding carboxylic acids is 2. The van der Waals surface area contributed by atoms with Gasteiger partial charge in [-0.05, 0) is 18.2 Å². The molecular weight excluding hydrogens is 368 g/mol. The van der Waals surface area contributed by atoms with E-state index in [9.17, 15) is 9.59 Å². The Kier molecular flexibility index (Phi) is 6.00. The molecule has 0 atom stereocenters. The van der Waals surface area contributed by atoms with Gasteiger partial charge in [-0.15, -0.1) is 0 Å². The van der Waals surface area contributed by atoms with Crippen molar-refractivity contribution in [3.8, 4) is 0 Å². The second-order valence-electron chi connectivity index (χ2n) is 7.35. The lowest BCUT2D eigenvalue weighted by atomic mass is 10.2. The number of nitrogens with zero attached hydrogens (tertiary/aromatic N) is 6. The zero-order valence-electron chi connectivity index (χ0n) is 16.5. The molecule has 2 fully saturated rings. The lowest BCUT2D eigenvalue weighted by Crippen LogP contribution is -2.54. The summed E-state index contributed by atoms with van der Waals surface area (Å²) in [6.07, 6.45) is 3.48. The number of anilines is 1. The molecule has 8 nitrogen and oxygen atoms in total. The first-order chi connectivity index (χ1) is 14.2. The minimum Gasteiger partial charge on any atom is -0.338 e. The highest BCUT2D eigenvalue weighted by molar-refractivity contribution is 5.94. The van der Waals surface area contributed by atoms with Gasteiger partial charge in [-0.1, -0.05) is 18.2 Å². The molecule has 2 saturated heterocycles. The number of hydrogen-bond acceptors (Lipinski definition) is 6. The number of rotatable bonds is 4. The van der Waals surface area contributed by atoms with Crippen LogP contribution in [0.2, 0.25) is 0 Å². The van der Waals surface area contributed by atoms with E-state index < -0.39 is 0 Å². The smallest absolute Gasteiger partial charge is 0.253 e. The zero-order chi connectivity index (χ0) is 20.1. The van der Waals surface area contributed by atoms with E-state index in [1.54, 1.807) is 18.5 Å². The maximum atomic E-state index is 12.7. The largest absolute Gasteiger partial charge is 0.338 e. The molecule has 1 aromatic heterocycles. The molecule has 0 bridgehead atoms. The Morgan fingerprint density at radius 2 is 1.38 bits per heavy atom. The summed E-state index contributed by atoms with van der Waals surface area (Å²) in [4.78, 5) is 41.8. The van der Waals surface area contributed by atoms with Crippen molar-refractivity contribution in [2.24, 2.45) is 0 Å². The number of hydrogen-bond donors (Lipinski definition) is 0. The van der Waals surface area contributed by atoms with E-state index in [0.717, 1.165) is 37.7 Å². The summed E-state index contributed by atoms with van der Waals surface area (Å²) in [5, 5.41) is 0. The highest BCUT2D eigenvalue weighted by atomic mass is 16.2. The number of carbonyl (C=O) groups is 2. The van der Waals surface area contributed by atoms with Crippen molar-refractivity contribution in [2.45, 2.75) is 0 Å². The van der Waals surface area contributed by atoms with Crippen LogP contribution in [0.5, 0.6) is 0 Å². The highest BCUT2D eigenvalue weighted by Crippen LogP contribution is 2.12. The summed E-state index contributed by atoms with van der Waals surface area (Å²) >= 11 is 0. The molecular formula is C21H26N6O2. The van der Waals surface area contributed by atoms with E-state index in [-0.39, 0.29) is 11.8 Å². The first-order valence-electron chi connectivity index (χ1n) is 10.1. The van der Waals surface area contributed by atoms with Crippen LogP contribution in [0.3, 0.4) is 0 Å². The lowest BCUT2D eigenvalue weighted by Gasteiger charge is -2.38. The van der Waals surface area contributed by atoms with Crippen LogP contribution in [0.4, 0.5) is 5.95 Å². The molecule has 0 spiro atoms. The molecule has 2 aromatic rings. The van der Waals surface area contributed by atoms with Crippen molar-refractivity contribution in [1.82, 2.24) is 24.7 Å². The van der Waals surface area contributed by atoms with Crippen LogP contribution < -0.4 is 4.90 Å². The van der Waals surface area contributed by atoms with Crippen LogP contribution >= 0.6 is 0 Å². The fraction of sp³-hybridized carbons (Fsp3) is 0.429. The molecule has 1 aromatic carbocycles. The summed E-state index contributed by atoms with van der Waals surface area (Å²) in [6, 6.07) is 11.2. The predicted octanol–water partition coefficient (Wildman–Crippen LogP) is 0.583. The molecule has 2 aliphatic heterocycles. The third-order valence-corrected chi connectivity index (χ3v) is 5.51. The monoisotopic (exact) mass is 394 g/mol. The second kappa shape index (κ2) is 9.00. The molecule has 0 N–H and O–H groups in total. The molecule has 8 heteroatoms. The van der Waals surface area contributed by atoms with Gasteiger partial charge in [0.2, 0.25) is 11.9 Å². The Bertz CT molecular complexity index is 816. The van der Waals surface area contributed by atoms with Gasteiger partial charge < -0.3 is 14.7 Å². The van der Waals surface area contributed by atoms with E-state index in [2.05, 4.69) is 19.8 Å². The number of amides is 2. The summed E-state index contributed by atoms with van der Waals surface area (Å²) in [5.74, 6) is 0.941. The Labute approximate surface area is 170 Å². The Hall–Kier alpha value is -3.00.